The Labute approximate surface area is 208 Å². The van der Waals surface area contributed by atoms with E-state index in [1.165, 1.54) is 75.3 Å². The van der Waals surface area contributed by atoms with Gasteiger partial charge in [0.15, 0.2) is 0 Å². The average Bonchev–Trinajstić information content (AvgIpc) is 2.89. The van der Waals surface area contributed by atoms with E-state index in [9.17, 15) is 0 Å². The van der Waals surface area contributed by atoms with E-state index >= 15 is 0 Å². The SMILES string of the molecule is CCCC1CCC(c2ccc(C#C/C=C/C3CCC(c4ccc(OCC)cc4)CC3)cc2)CC1. The number of benzene rings is 2. The summed E-state index contributed by atoms with van der Waals surface area (Å²) in [5.41, 5.74) is 4.11. The zero-order valence-electron chi connectivity index (χ0n) is 21.3. The van der Waals surface area contributed by atoms with Crippen LogP contribution in [0.3, 0.4) is 0 Å². The Bertz CT molecular complexity index is 940. The van der Waals surface area contributed by atoms with Gasteiger partial charge in [0, 0.05) is 5.56 Å². The number of ether oxygens (including phenoxy) is 1. The molecule has 0 bridgehead atoms. The monoisotopic (exact) mass is 454 g/mol. The Hall–Kier alpha value is -2.46. The fourth-order valence-electron chi connectivity index (χ4n) is 5.99. The highest BCUT2D eigenvalue weighted by atomic mass is 16.5. The van der Waals surface area contributed by atoms with Crippen molar-refractivity contribution in [2.75, 3.05) is 6.61 Å². The highest BCUT2D eigenvalue weighted by Gasteiger charge is 2.22. The van der Waals surface area contributed by atoms with E-state index in [1.54, 1.807) is 0 Å². The molecular formula is C33H42O. The maximum Gasteiger partial charge on any atom is 0.119 e. The molecule has 34 heavy (non-hydrogen) atoms. The molecule has 2 aliphatic carbocycles. The lowest BCUT2D eigenvalue weighted by atomic mass is 9.77. The summed E-state index contributed by atoms with van der Waals surface area (Å²) in [5.74, 6) is 10.7. The summed E-state index contributed by atoms with van der Waals surface area (Å²) < 4.78 is 5.57. The minimum absolute atomic E-state index is 0.665. The number of hydrogen-bond acceptors (Lipinski definition) is 1. The molecule has 4 rings (SSSR count). The second-order valence-electron chi connectivity index (χ2n) is 10.4. The number of hydrogen-bond donors (Lipinski definition) is 0. The molecule has 2 fully saturated rings. The quantitative estimate of drug-likeness (QED) is 0.379. The summed E-state index contributed by atoms with van der Waals surface area (Å²) in [6.45, 7) is 5.07. The van der Waals surface area contributed by atoms with Crippen LogP contribution in [0.15, 0.2) is 60.7 Å². The van der Waals surface area contributed by atoms with Crippen LogP contribution in [0.1, 0.15) is 107 Å². The molecule has 2 aliphatic rings. The predicted octanol–water partition coefficient (Wildman–Crippen LogP) is 9.04. The van der Waals surface area contributed by atoms with Crippen LogP contribution in [0.2, 0.25) is 0 Å². The van der Waals surface area contributed by atoms with Gasteiger partial charge in [0.1, 0.15) is 5.75 Å². The molecule has 0 heterocycles. The van der Waals surface area contributed by atoms with Gasteiger partial charge in [-0.3, -0.25) is 0 Å². The van der Waals surface area contributed by atoms with E-state index in [0.29, 0.717) is 11.8 Å². The van der Waals surface area contributed by atoms with Crippen molar-refractivity contribution < 1.29 is 4.74 Å². The van der Waals surface area contributed by atoms with Crippen molar-refractivity contribution in [1.29, 1.82) is 0 Å². The molecule has 0 spiro atoms. The van der Waals surface area contributed by atoms with E-state index in [4.69, 9.17) is 4.74 Å². The van der Waals surface area contributed by atoms with Gasteiger partial charge in [0.25, 0.3) is 0 Å². The molecule has 0 aromatic heterocycles. The minimum atomic E-state index is 0.665. The standard InChI is InChI=1S/C33H42O/c1-3-7-26-10-16-29(17-11-26)30-18-12-27(13-19-30)8-5-6-9-28-14-20-31(21-15-28)32-22-24-33(25-23-32)34-4-2/h6,9,12-13,18-19,22-26,28-29,31H,3-4,7,10-11,14-17,20-21H2,1-2H3/b9-6+. The van der Waals surface area contributed by atoms with Crippen molar-refractivity contribution in [3.63, 3.8) is 0 Å². The second kappa shape index (κ2) is 12.9. The highest BCUT2D eigenvalue weighted by Crippen LogP contribution is 2.38. The van der Waals surface area contributed by atoms with E-state index in [1.807, 2.05) is 6.92 Å². The van der Waals surface area contributed by atoms with Gasteiger partial charge in [0.05, 0.1) is 6.61 Å². The predicted molar refractivity (Wildman–Crippen MR) is 144 cm³/mol. The summed E-state index contributed by atoms with van der Waals surface area (Å²) >= 11 is 0. The van der Waals surface area contributed by atoms with Crippen LogP contribution in [0.5, 0.6) is 5.75 Å². The normalized spacial score (nSPS) is 25.0. The van der Waals surface area contributed by atoms with Gasteiger partial charge in [0.2, 0.25) is 0 Å². The molecule has 2 aromatic rings. The molecule has 2 aromatic carbocycles. The van der Waals surface area contributed by atoms with Gasteiger partial charge >= 0.3 is 0 Å². The Morgan fingerprint density at radius 1 is 0.765 bits per heavy atom. The molecular weight excluding hydrogens is 412 g/mol. The molecule has 0 saturated heterocycles. The third-order valence-corrected chi connectivity index (χ3v) is 8.03. The van der Waals surface area contributed by atoms with Gasteiger partial charge in [-0.15, -0.1) is 0 Å². The fraction of sp³-hybridized carbons (Fsp3) is 0.515. The molecule has 180 valence electrons. The van der Waals surface area contributed by atoms with E-state index in [2.05, 4.69) is 79.4 Å². The smallest absolute Gasteiger partial charge is 0.119 e. The van der Waals surface area contributed by atoms with Gasteiger partial charge < -0.3 is 4.74 Å². The molecule has 1 nitrogen and oxygen atoms in total. The zero-order chi connectivity index (χ0) is 23.6. The number of allylic oxidation sites excluding steroid dienone is 2. The summed E-state index contributed by atoms with van der Waals surface area (Å²) in [4.78, 5) is 0. The van der Waals surface area contributed by atoms with E-state index < -0.39 is 0 Å². The first kappa shape index (κ1) is 24.7. The van der Waals surface area contributed by atoms with Crippen LogP contribution in [0.25, 0.3) is 0 Å². The summed E-state index contributed by atoms with van der Waals surface area (Å²) in [6, 6.07) is 17.8. The van der Waals surface area contributed by atoms with Crippen LogP contribution in [0.4, 0.5) is 0 Å². The second-order valence-corrected chi connectivity index (χ2v) is 10.4. The number of rotatable bonds is 7. The molecule has 0 N–H and O–H groups in total. The molecule has 2 saturated carbocycles. The average molecular weight is 455 g/mol. The van der Waals surface area contributed by atoms with Crippen molar-refractivity contribution in [3.05, 3.63) is 77.4 Å². The van der Waals surface area contributed by atoms with Crippen molar-refractivity contribution in [2.45, 2.75) is 89.9 Å². The third kappa shape index (κ3) is 7.02. The van der Waals surface area contributed by atoms with Gasteiger partial charge in [-0.05, 0) is 123 Å². The lowest BCUT2D eigenvalue weighted by Gasteiger charge is -2.28. The maximum atomic E-state index is 5.57. The molecule has 0 atom stereocenters. The van der Waals surface area contributed by atoms with Crippen LogP contribution >= 0.6 is 0 Å². The molecule has 1 heteroatoms. The van der Waals surface area contributed by atoms with Crippen LogP contribution in [-0.2, 0) is 0 Å². The van der Waals surface area contributed by atoms with Crippen molar-refractivity contribution >= 4 is 0 Å². The topological polar surface area (TPSA) is 9.23 Å². The van der Waals surface area contributed by atoms with E-state index in [0.717, 1.165) is 29.8 Å². The largest absolute Gasteiger partial charge is 0.494 e. The lowest BCUT2D eigenvalue weighted by Crippen LogP contribution is -2.13. The third-order valence-electron chi connectivity index (χ3n) is 8.03. The lowest BCUT2D eigenvalue weighted by molar-refractivity contribution is 0.308. The molecule has 0 radical (unpaired) electrons. The van der Waals surface area contributed by atoms with Crippen LogP contribution in [-0.4, -0.2) is 6.61 Å². The Kier molecular flexibility index (Phi) is 9.32. The minimum Gasteiger partial charge on any atom is -0.494 e. The Morgan fingerprint density at radius 2 is 1.35 bits per heavy atom. The van der Waals surface area contributed by atoms with Gasteiger partial charge in [-0.25, -0.2) is 0 Å². The molecule has 0 aliphatic heterocycles. The van der Waals surface area contributed by atoms with Crippen LogP contribution in [0, 0.1) is 23.7 Å². The first-order valence-electron chi connectivity index (χ1n) is 13.8. The van der Waals surface area contributed by atoms with Crippen molar-refractivity contribution in [2.24, 2.45) is 11.8 Å². The highest BCUT2D eigenvalue weighted by molar-refractivity contribution is 5.39. The molecule has 0 unspecified atom stereocenters. The summed E-state index contributed by atoms with van der Waals surface area (Å²) in [7, 11) is 0. The maximum absolute atomic E-state index is 5.57. The first-order chi connectivity index (χ1) is 16.7. The van der Waals surface area contributed by atoms with Crippen LogP contribution < -0.4 is 4.74 Å². The van der Waals surface area contributed by atoms with E-state index in [-0.39, 0.29) is 0 Å². The molecule has 0 amide bonds. The summed E-state index contributed by atoms with van der Waals surface area (Å²) in [6.07, 6.45) is 17.8. The zero-order valence-corrected chi connectivity index (χ0v) is 21.3. The van der Waals surface area contributed by atoms with Crippen molar-refractivity contribution in [1.82, 2.24) is 0 Å². The summed E-state index contributed by atoms with van der Waals surface area (Å²) in [5, 5.41) is 0. The first-order valence-corrected chi connectivity index (χ1v) is 13.8. The van der Waals surface area contributed by atoms with Crippen molar-refractivity contribution in [3.8, 4) is 17.6 Å². The Morgan fingerprint density at radius 3 is 1.94 bits per heavy atom. The fourth-order valence-corrected chi connectivity index (χ4v) is 5.99. The van der Waals surface area contributed by atoms with Gasteiger partial charge in [-0.2, -0.15) is 0 Å². The Balaban J connectivity index is 1.21. The van der Waals surface area contributed by atoms with Gasteiger partial charge in [-0.1, -0.05) is 61.9 Å².